The SMILES string of the molecule is COC(c1cc2c3cc(OCc4ccccc4)ccc3n(S(=O)(=O)c3ccc(C)cc3)c2cn1)C(O)c1ccccc1. The van der Waals surface area contributed by atoms with Crippen LogP contribution in [0.15, 0.2) is 120 Å². The van der Waals surface area contributed by atoms with Crippen LogP contribution in [-0.4, -0.2) is 29.6 Å². The molecule has 2 atom stereocenters. The Balaban J connectivity index is 1.51. The van der Waals surface area contributed by atoms with Crippen molar-refractivity contribution in [3.63, 3.8) is 0 Å². The first-order valence-electron chi connectivity index (χ1n) is 13.6. The molecule has 42 heavy (non-hydrogen) atoms. The van der Waals surface area contributed by atoms with E-state index >= 15 is 0 Å². The molecule has 0 amide bonds. The molecule has 0 spiro atoms. The van der Waals surface area contributed by atoms with Crippen LogP contribution in [0.4, 0.5) is 0 Å². The Morgan fingerprint density at radius 2 is 1.50 bits per heavy atom. The quantitative estimate of drug-likeness (QED) is 0.204. The van der Waals surface area contributed by atoms with Gasteiger partial charge in [0.1, 0.15) is 24.6 Å². The van der Waals surface area contributed by atoms with Crippen LogP contribution in [0.5, 0.6) is 5.75 Å². The monoisotopic (exact) mass is 578 g/mol. The summed E-state index contributed by atoms with van der Waals surface area (Å²) in [5.41, 5.74) is 4.06. The molecule has 2 heterocycles. The molecule has 6 rings (SSSR count). The number of aliphatic hydroxyl groups excluding tert-OH is 1. The highest BCUT2D eigenvalue weighted by atomic mass is 32.2. The van der Waals surface area contributed by atoms with Crippen molar-refractivity contribution in [1.82, 2.24) is 8.96 Å². The van der Waals surface area contributed by atoms with E-state index in [1.807, 2.05) is 73.7 Å². The number of aliphatic hydroxyl groups is 1. The second-order valence-corrected chi connectivity index (χ2v) is 12.0. The van der Waals surface area contributed by atoms with Crippen LogP contribution in [0.25, 0.3) is 21.8 Å². The molecule has 0 aliphatic heterocycles. The Kier molecular flexibility index (Phi) is 7.51. The van der Waals surface area contributed by atoms with E-state index in [-0.39, 0.29) is 4.90 Å². The van der Waals surface area contributed by atoms with Gasteiger partial charge in [-0.2, -0.15) is 0 Å². The van der Waals surface area contributed by atoms with Gasteiger partial charge in [0, 0.05) is 17.9 Å². The summed E-state index contributed by atoms with van der Waals surface area (Å²) >= 11 is 0. The van der Waals surface area contributed by atoms with Gasteiger partial charge >= 0.3 is 0 Å². The summed E-state index contributed by atoms with van der Waals surface area (Å²) < 4.78 is 41.2. The maximum Gasteiger partial charge on any atom is 0.268 e. The maximum atomic E-state index is 14.0. The fourth-order valence-corrected chi connectivity index (χ4v) is 6.69. The van der Waals surface area contributed by atoms with Crippen LogP contribution in [0.2, 0.25) is 0 Å². The summed E-state index contributed by atoms with van der Waals surface area (Å²) in [5.74, 6) is 0.601. The molecule has 4 aromatic carbocycles. The summed E-state index contributed by atoms with van der Waals surface area (Å²) in [6.45, 7) is 2.28. The lowest BCUT2D eigenvalue weighted by molar-refractivity contribution is -0.0172. The molecule has 0 saturated carbocycles. The molecule has 0 radical (unpaired) electrons. The highest BCUT2D eigenvalue weighted by Crippen LogP contribution is 2.38. The van der Waals surface area contributed by atoms with Crippen molar-refractivity contribution in [3.8, 4) is 5.75 Å². The zero-order chi connectivity index (χ0) is 29.3. The van der Waals surface area contributed by atoms with Crippen molar-refractivity contribution in [3.05, 3.63) is 138 Å². The molecule has 0 saturated heterocycles. The Bertz CT molecular complexity index is 1960. The van der Waals surface area contributed by atoms with Gasteiger partial charge in [-0.3, -0.25) is 4.98 Å². The highest BCUT2D eigenvalue weighted by molar-refractivity contribution is 7.90. The first-order chi connectivity index (χ1) is 20.4. The largest absolute Gasteiger partial charge is 0.489 e. The number of methoxy groups -OCH3 is 1. The van der Waals surface area contributed by atoms with Gasteiger partial charge in [-0.1, -0.05) is 78.4 Å². The van der Waals surface area contributed by atoms with Crippen molar-refractivity contribution in [2.45, 2.75) is 30.6 Å². The zero-order valence-electron chi connectivity index (χ0n) is 23.2. The molecular weight excluding hydrogens is 548 g/mol. The second-order valence-electron chi connectivity index (χ2n) is 10.2. The van der Waals surface area contributed by atoms with Gasteiger partial charge in [-0.25, -0.2) is 12.4 Å². The molecule has 2 unspecified atom stereocenters. The minimum absolute atomic E-state index is 0.176. The van der Waals surface area contributed by atoms with E-state index < -0.39 is 22.2 Å². The van der Waals surface area contributed by atoms with E-state index in [9.17, 15) is 13.5 Å². The lowest BCUT2D eigenvalue weighted by Gasteiger charge is -2.21. The minimum Gasteiger partial charge on any atom is -0.489 e. The van der Waals surface area contributed by atoms with Gasteiger partial charge in [-0.15, -0.1) is 0 Å². The third kappa shape index (κ3) is 5.16. The summed E-state index contributed by atoms with van der Waals surface area (Å²) in [4.78, 5) is 4.77. The predicted molar refractivity (Wildman–Crippen MR) is 163 cm³/mol. The Morgan fingerprint density at radius 1 is 0.833 bits per heavy atom. The lowest BCUT2D eigenvalue weighted by atomic mass is 10.0. The average Bonchev–Trinajstić information content (AvgIpc) is 3.35. The fourth-order valence-electron chi connectivity index (χ4n) is 5.18. The molecular formula is C34H30N2O5S. The lowest BCUT2D eigenvalue weighted by Crippen LogP contribution is -2.15. The number of hydrogen-bond donors (Lipinski definition) is 1. The third-order valence-electron chi connectivity index (χ3n) is 7.38. The van der Waals surface area contributed by atoms with E-state index in [0.29, 0.717) is 45.4 Å². The standard InChI is InChI=1S/C34H30N2O5S/c1-23-13-16-27(17-14-23)42(38,39)36-31-18-15-26(41-22-24-9-5-3-6-10-24)19-28(31)29-20-30(35-21-32(29)36)34(40-2)33(37)25-11-7-4-8-12-25/h3-21,33-34,37H,22H2,1-2H3. The van der Waals surface area contributed by atoms with Crippen molar-refractivity contribution in [2.75, 3.05) is 7.11 Å². The van der Waals surface area contributed by atoms with E-state index in [2.05, 4.69) is 4.98 Å². The Hall–Kier alpha value is -4.50. The number of pyridine rings is 1. The van der Waals surface area contributed by atoms with Crippen LogP contribution in [0.3, 0.4) is 0 Å². The van der Waals surface area contributed by atoms with E-state index in [4.69, 9.17) is 9.47 Å². The minimum atomic E-state index is -3.98. The Labute approximate surface area is 244 Å². The molecule has 0 fully saturated rings. The molecule has 0 bridgehead atoms. The highest BCUT2D eigenvalue weighted by Gasteiger charge is 2.28. The number of aromatic nitrogens is 2. The first kappa shape index (κ1) is 27.7. The van der Waals surface area contributed by atoms with Crippen LogP contribution < -0.4 is 4.74 Å². The zero-order valence-corrected chi connectivity index (χ0v) is 24.0. The predicted octanol–water partition coefficient (Wildman–Crippen LogP) is 6.74. The summed E-state index contributed by atoms with van der Waals surface area (Å²) in [5, 5.41) is 12.5. The van der Waals surface area contributed by atoms with Gasteiger partial charge in [0.15, 0.2) is 0 Å². The average molecular weight is 579 g/mol. The molecule has 6 aromatic rings. The Morgan fingerprint density at radius 3 is 2.19 bits per heavy atom. The molecule has 7 nitrogen and oxygen atoms in total. The number of ether oxygens (including phenoxy) is 2. The fraction of sp³-hybridized carbons (Fsp3) is 0.147. The number of hydrogen-bond acceptors (Lipinski definition) is 6. The van der Waals surface area contributed by atoms with Gasteiger partial charge in [0.05, 0.1) is 27.8 Å². The topological polar surface area (TPSA) is 90.7 Å². The number of rotatable bonds is 9. The molecule has 0 aliphatic carbocycles. The number of benzene rings is 4. The van der Waals surface area contributed by atoms with Crippen LogP contribution in [0, 0.1) is 6.92 Å². The van der Waals surface area contributed by atoms with E-state index in [1.165, 1.54) is 17.3 Å². The molecule has 2 aromatic heterocycles. The molecule has 8 heteroatoms. The van der Waals surface area contributed by atoms with Crippen molar-refractivity contribution < 1.29 is 23.0 Å². The van der Waals surface area contributed by atoms with E-state index in [1.54, 1.807) is 42.5 Å². The van der Waals surface area contributed by atoms with Gasteiger partial charge < -0.3 is 14.6 Å². The van der Waals surface area contributed by atoms with Gasteiger partial charge in [0.2, 0.25) is 0 Å². The maximum absolute atomic E-state index is 14.0. The van der Waals surface area contributed by atoms with Crippen LogP contribution >= 0.6 is 0 Å². The summed E-state index contributed by atoms with van der Waals surface area (Å²) in [7, 11) is -2.46. The van der Waals surface area contributed by atoms with Crippen molar-refractivity contribution >= 4 is 31.8 Å². The van der Waals surface area contributed by atoms with Crippen LogP contribution in [0.1, 0.15) is 34.6 Å². The van der Waals surface area contributed by atoms with Gasteiger partial charge in [0.25, 0.3) is 10.0 Å². The molecule has 1 N–H and O–H groups in total. The number of fused-ring (bicyclic) bond motifs is 3. The summed E-state index contributed by atoms with van der Waals surface area (Å²) in [6, 6.07) is 33.0. The first-order valence-corrected chi connectivity index (χ1v) is 15.0. The van der Waals surface area contributed by atoms with E-state index in [0.717, 1.165) is 11.1 Å². The molecule has 212 valence electrons. The molecule has 0 aliphatic rings. The third-order valence-corrected chi connectivity index (χ3v) is 9.12. The normalized spacial score (nSPS) is 13.3. The number of aryl methyl sites for hydroxylation is 1. The van der Waals surface area contributed by atoms with Crippen LogP contribution in [-0.2, 0) is 21.4 Å². The second kappa shape index (κ2) is 11.4. The van der Waals surface area contributed by atoms with Gasteiger partial charge in [-0.05, 0) is 54.4 Å². The number of nitrogens with zero attached hydrogens (tertiary/aromatic N) is 2. The van der Waals surface area contributed by atoms with Crippen molar-refractivity contribution in [1.29, 1.82) is 0 Å². The smallest absolute Gasteiger partial charge is 0.268 e. The summed E-state index contributed by atoms with van der Waals surface area (Å²) in [6.07, 6.45) is -0.220. The van der Waals surface area contributed by atoms with Crippen molar-refractivity contribution in [2.24, 2.45) is 0 Å².